The van der Waals surface area contributed by atoms with Gasteiger partial charge in [0.1, 0.15) is 0 Å². The van der Waals surface area contributed by atoms with Crippen molar-refractivity contribution in [3.63, 3.8) is 0 Å². The lowest BCUT2D eigenvalue weighted by Gasteiger charge is -2.38. The fourth-order valence-electron chi connectivity index (χ4n) is 4.34. The number of benzene rings is 1. The number of nitrogens with one attached hydrogen (secondary N) is 1. The van der Waals surface area contributed by atoms with E-state index in [9.17, 15) is 0 Å². The molecular formula is C19H29NO. The summed E-state index contributed by atoms with van der Waals surface area (Å²) in [4.78, 5) is 0. The molecule has 116 valence electrons. The highest BCUT2D eigenvalue weighted by Crippen LogP contribution is 2.40. The summed E-state index contributed by atoms with van der Waals surface area (Å²) in [5.41, 5.74) is 1.55. The number of hydrogen-bond acceptors (Lipinski definition) is 2. The molecular weight excluding hydrogens is 258 g/mol. The first-order valence-corrected chi connectivity index (χ1v) is 8.66. The lowest BCUT2D eigenvalue weighted by atomic mass is 9.71. The highest BCUT2D eigenvalue weighted by molar-refractivity contribution is 5.20. The molecule has 1 aromatic carbocycles. The van der Waals surface area contributed by atoms with Crippen molar-refractivity contribution in [2.24, 2.45) is 11.8 Å². The molecule has 1 saturated heterocycles. The molecule has 0 aromatic heterocycles. The highest BCUT2D eigenvalue weighted by atomic mass is 16.5. The van der Waals surface area contributed by atoms with Gasteiger partial charge in [-0.2, -0.15) is 0 Å². The first-order chi connectivity index (χ1) is 10.4. The first kappa shape index (κ1) is 15.1. The van der Waals surface area contributed by atoms with Crippen molar-refractivity contribution in [1.82, 2.24) is 5.32 Å². The average Bonchev–Trinajstić information content (AvgIpc) is 2.56. The summed E-state index contributed by atoms with van der Waals surface area (Å²) in [6.45, 7) is 1.95. The van der Waals surface area contributed by atoms with Gasteiger partial charge < -0.3 is 10.1 Å². The zero-order valence-corrected chi connectivity index (χ0v) is 13.3. The fourth-order valence-corrected chi connectivity index (χ4v) is 4.34. The molecule has 3 unspecified atom stereocenters. The fraction of sp³-hybridized carbons (Fsp3) is 0.684. The SMILES string of the molecule is CNC1CCC(c2ccccc2)CC1CC1CCOCC1. The Balaban J connectivity index is 1.64. The molecule has 1 heterocycles. The Labute approximate surface area is 129 Å². The zero-order chi connectivity index (χ0) is 14.5. The van der Waals surface area contributed by atoms with E-state index in [1.54, 1.807) is 5.56 Å². The quantitative estimate of drug-likeness (QED) is 0.904. The molecule has 0 radical (unpaired) electrons. The van der Waals surface area contributed by atoms with Gasteiger partial charge in [-0.3, -0.25) is 0 Å². The largest absolute Gasteiger partial charge is 0.381 e. The molecule has 2 nitrogen and oxygen atoms in total. The minimum Gasteiger partial charge on any atom is -0.381 e. The molecule has 1 aromatic rings. The second kappa shape index (κ2) is 7.42. The molecule has 1 saturated carbocycles. The van der Waals surface area contributed by atoms with E-state index in [2.05, 4.69) is 42.7 Å². The standard InChI is InChI=1S/C19H29NO/c1-20-19-8-7-17(16-5-3-2-4-6-16)14-18(19)13-15-9-11-21-12-10-15/h2-6,15,17-20H,7-14H2,1H3. The van der Waals surface area contributed by atoms with Crippen molar-refractivity contribution in [1.29, 1.82) is 0 Å². The maximum absolute atomic E-state index is 5.52. The van der Waals surface area contributed by atoms with Crippen molar-refractivity contribution in [3.05, 3.63) is 35.9 Å². The van der Waals surface area contributed by atoms with Crippen LogP contribution in [0.25, 0.3) is 0 Å². The van der Waals surface area contributed by atoms with Gasteiger partial charge in [-0.1, -0.05) is 30.3 Å². The van der Waals surface area contributed by atoms with E-state index in [1.165, 1.54) is 38.5 Å². The third-order valence-electron chi connectivity index (χ3n) is 5.60. The molecule has 2 fully saturated rings. The summed E-state index contributed by atoms with van der Waals surface area (Å²) in [6, 6.07) is 11.8. The summed E-state index contributed by atoms with van der Waals surface area (Å²) >= 11 is 0. The maximum atomic E-state index is 5.52. The topological polar surface area (TPSA) is 21.3 Å². The third kappa shape index (κ3) is 3.87. The van der Waals surface area contributed by atoms with Crippen LogP contribution in [0.5, 0.6) is 0 Å². The first-order valence-electron chi connectivity index (χ1n) is 8.66. The van der Waals surface area contributed by atoms with Crippen LogP contribution in [0.2, 0.25) is 0 Å². The molecule has 21 heavy (non-hydrogen) atoms. The number of ether oxygens (including phenoxy) is 1. The predicted octanol–water partition coefficient (Wildman–Crippen LogP) is 3.98. The van der Waals surface area contributed by atoms with Gasteiger partial charge in [-0.05, 0) is 68.9 Å². The van der Waals surface area contributed by atoms with Gasteiger partial charge in [-0.15, -0.1) is 0 Å². The average molecular weight is 287 g/mol. The minimum absolute atomic E-state index is 0.716. The smallest absolute Gasteiger partial charge is 0.0468 e. The normalized spacial score (nSPS) is 31.2. The van der Waals surface area contributed by atoms with E-state index < -0.39 is 0 Å². The van der Waals surface area contributed by atoms with Gasteiger partial charge in [-0.25, -0.2) is 0 Å². The summed E-state index contributed by atoms with van der Waals surface area (Å²) in [5.74, 6) is 2.48. The summed E-state index contributed by atoms with van der Waals surface area (Å²) < 4.78 is 5.52. The molecule has 3 rings (SSSR count). The molecule has 1 aliphatic heterocycles. The highest BCUT2D eigenvalue weighted by Gasteiger charge is 2.32. The molecule has 0 amide bonds. The van der Waals surface area contributed by atoms with Crippen LogP contribution in [-0.2, 0) is 4.74 Å². The van der Waals surface area contributed by atoms with Gasteiger partial charge in [0.15, 0.2) is 0 Å². The van der Waals surface area contributed by atoms with E-state index in [-0.39, 0.29) is 0 Å². The Morgan fingerprint density at radius 3 is 2.52 bits per heavy atom. The van der Waals surface area contributed by atoms with E-state index >= 15 is 0 Å². The predicted molar refractivity (Wildman–Crippen MR) is 87.5 cm³/mol. The molecule has 3 atom stereocenters. The van der Waals surface area contributed by atoms with Crippen LogP contribution in [0.15, 0.2) is 30.3 Å². The van der Waals surface area contributed by atoms with Crippen LogP contribution in [0.4, 0.5) is 0 Å². The number of hydrogen-bond donors (Lipinski definition) is 1. The van der Waals surface area contributed by atoms with Gasteiger partial charge in [0.05, 0.1) is 0 Å². The number of rotatable bonds is 4. The maximum Gasteiger partial charge on any atom is 0.0468 e. The molecule has 1 N–H and O–H groups in total. The van der Waals surface area contributed by atoms with Gasteiger partial charge in [0, 0.05) is 19.3 Å². The van der Waals surface area contributed by atoms with Crippen LogP contribution in [0.3, 0.4) is 0 Å². The molecule has 0 bridgehead atoms. The monoisotopic (exact) mass is 287 g/mol. The van der Waals surface area contributed by atoms with E-state index in [4.69, 9.17) is 4.74 Å². The van der Waals surface area contributed by atoms with E-state index in [0.29, 0.717) is 6.04 Å². The molecule has 2 aliphatic rings. The second-order valence-corrected chi connectivity index (χ2v) is 6.87. The Hall–Kier alpha value is -0.860. The lowest BCUT2D eigenvalue weighted by molar-refractivity contribution is 0.0525. The lowest BCUT2D eigenvalue weighted by Crippen LogP contribution is -2.39. The van der Waals surface area contributed by atoms with Crippen LogP contribution in [0, 0.1) is 11.8 Å². The van der Waals surface area contributed by atoms with Crippen LogP contribution in [0.1, 0.15) is 50.0 Å². The summed E-state index contributed by atoms with van der Waals surface area (Å²) in [5, 5.41) is 3.58. The molecule has 2 heteroatoms. The third-order valence-corrected chi connectivity index (χ3v) is 5.60. The van der Waals surface area contributed by atoms with Crippen molar-refractivity contribution in [2.75, 3.05) is 20.3 Å². The zero-order valence-electron chi connectivity index (χ0n) is 13.3. The summed E-state index contributed by atoms with van der Waals surface area (Å²) in [6.07, 6.45) is 7.93. The molecule has 1 aliphatic carbocycles. The van der Waals surface area contributed by atoms with Gasteiger partial charge in [0.2, 0.25) is 0 Å². The van der Waals surface area contributed by atoms with Crippen LogP contribution < -0.4 is 5.32 Å². The molecule has 0 spiro atoms. The van der Waals surface area contributed by atoms with Crippen molar-refractivity contribution in [3.8, 4) is 0 Å². The summed E-state index contributed by atoms with van der Waals surface area (Å²) in [7, 11) is 2.14. The van der Waals surface area contributed by atoms with Gasteiger partial charge >= 0.3 is 0 Å². The van der Waals surface area contributed by atoms with Crippen molar-refractivity contribution in [2.45, 2.75) is 50.5 Å². The minimum atomic E-state index is 0.716. The van der Waals surface area contributed by atoms with Crippen molar-refractivity contribution < 1.29 is 4.74 Å². The van der Waals surface area contributed by atoms with Crippen LogP contribution >= 0.6 is 0 Å². The Morgan fingerprint density at radius 2 is 1.81 bits per heavy atom. The Bertz CT molecular complexity index is 413. The Kier molecular flexibility index (Phi) is 5.32. The van der Waals surface area contributed by atoms with E-state index in [1.807, 2.05) is 0 Å². The van der Waals surface area contributed by atoms with E-state index in [0.717, 1.165) is 31.0 Å². The van der Waals surface area contributed by atoms with Crippen molar-refractivity contribution >= 4 is 0 Å². The second-order valence-electron chi connectivity index (χ2n) is 6.87. The van der Waals surface area contributed by atoms with Crippen LogP contribution in [-0.4, -0.2) is 26.3 Å². The van der Waals surface area contributed by atoms with Gasteiger partial charge in [0.25, 0.3) is 0 Å². The Morgan fingerprint density at radius 1 is 1.05 bits per heavy atom.